The summed E-state index contributed by atoms with van der Waals surface area (Å²) in [6, 6.07) is 17.5. The van der Waals surface area contributed by atoms with Gasteiger partial charge in [-0.3, -0.25) is 4.72 Å². The molecule has 0 aliphatic heterocycles. The summed E-state index contributed by atoms with van der Waals surface area (Å²) in [5, 5.41) is 12.8. The highest BCUT2D eigenvalue weighted by molar-refractivity contribution is 7.92. The number of anilines is 1. The number of fused-ring (bicyclic) bond motifs is 1. The lowest BCUT2D eigenvalue weighted by atomic mass is 10.1. The monoisotopic (exact) mass is 381 g/mol. The fraction of sp³-hybridized carbons (Fsp3) is 0.0556. The van der Waals surface area contributed by atoms with Crippen molar-refractivity contribution in [3.8, 4) is 11.4 Å². The summed E-state index contributed by atoms with van der Waals surface area (Å²) in [4.78, 5) is 0.185. The Morgan fingerprint density at radius 3 is 2.56 bits per heavy atom. The molecule has 4 rings (SSSR count). The lowest BCUT2D eigenvalue weighted by molar-refractivity contribution is 0.411. The summed E-state index contributed by atoms with van der Waals surface area (Å²) in [7, 11) is -2.26. The number of hydrogen-bond acceptors (Lipinski definition) is 6. The van der Waals surface area contributed by atoms with Crippen molar-refractivity contribution in [2.24, 2.45) is 0 Å². The smallest absolute Gasteiger partial charge is 0.261 e. The van der Waals surface area contributed by atoms with Gasteiger partial charge in [-0.2, -0.15) is 4.68 Å². The van der Waals surface area contributed by atoms with Gasteiger partial charge in [-0.25, -0.2) is 8.42 Å². The average Bonchev–Trinajstić information content (AvgIpc) is 3.21. The summed E-state index contributed by atoms with van der Waals surface area (Å²) in [6.07, 6.45) is 1.43. The van der Waals surface area contributed by atoms with Crippen LogP contribution in [0.25, 0.3) is 16.5 Å². The molecule has 1 heterocycles. The predicted molar refractivity (Wildman–Crippen MR) is 100 cm³/mol. The third-order valence-corrected chi connectivity index (χ3v) is 5.44. The van der Waals surface area contributed by atoms with E-state index in [1.165, 1.54) is 18.1 Å². The van der Waals surface area contributed by atoms with E-state index in [2.05, 4.69) is 20.2 Å². The van der Waals surface area contributed by atoms with Gasteiger partial charge in [-0.1, -0.05) is 30.3 Å². The number of nitrogens with one attached hydrogen (secondary N) is 1. The van der Waals surface area contributed by atoms with Gasteiger partial charge in [0.2, 0.25) is 0 Å². The molecule has 0 radical (unpaired) electrons. The molecule has 1 aromatic heterocycles. The molecule has 0 unspecified atom stereocenters. The van der Waals surface area contributed by atoms with Crippen LogP contribution in [0.5, 0.6) is 5.75 Å². The molecule has 0 bridgehead atoms. The molecule has 0 aliphatic carbocycles. The zero-order valence-corrected chi connectivity index (χ0v) is 15.1. The second kappa shape index (κ2) is 6.69. The summed E-state index contributed by atoms with van der Waals surface area (Å²) in [5.74, 6) is 0.431. The summed E-state index contributed by atoms with van der Waals surface area (Å²) >= 11 is 0. The number of nitrogens with zero attached hydrogens (tertiary/aromatic N) is 4. The number of rotatable bonds is 5. The van der Waals surface area contributed by atoms with Crippen LogP contribution in [0.3, 0.4) is 0 Å². The maximum atomic E-state index is 12.8. The van der Waals surface area contributed by atoms with E-state index >= 15 is 0 Å². The molecular weight excluding hydrogens is 366 g/mol. The van der Waals surface area contributed by atoms with Gasteiger partial charge in [0, 0.05) is 6.07 Å². The number of benzene rings is 3. The van der Waals surface area contributed by atoms with Crippen molar-refractivity contribution < 1.29 is 13.2 Å². The molecule has 0 fully saturated rings. The van der Waals surface area contributed by atoms with Crippen LogP contribution in [0.15, 0.2) is 71.9 Å². The lowest BCUT2D eigenvalue weighted by Gasteiger charge is -2.12. The average molecular weight is 381 g/mol. The largest absolute Gasteiger partial charge is 0.494 e. The highest BCUT2D eigenvalue weighted by Gasteiger charge is 2.16. The Morgan fingerprint density at radius 1 is 1.00 bits per heavy atom. The van der Waals surface area contributed by atoms with Crippen LogP contribution in [-0.4, -0.2) is 35.7 Å². The van der Waals surface area contributed by atoms with Crippen molar-refractivity contribution >= 4 is 26.5 Å². The first-order valence-electron chi connectivity index (χ1n) is 8.00. The zero-order valence-electron chi connectivity index (χ0n) is 14.3. The van der Waals surface area contributed by atoms with Crippen molar-refractivity contribution in [3.05, 3.63) is 67.0 Å². The number of aromatic nitrogens is 4. The standard InChI is InChI=1S/C18H15N5O3S/c1-26-18-11-15(7-9-17(18)23-12-19-21-22-23)20-27(24,25)16-8-6-13-4-2-3-5-14(13)10-16/h2-12,20H,1H3. The van der Waals surface area contributed by atoms with E-state index in [4.69, 9.17) is 4.74 Å². The molecule has 9 heteroatoms. The molecule has 1 N–H and O–H groups in total. The van der Waals surface area contributed by atoms with E-state index in [-0.39, 0.29) is 4.90 Å². The van der Waals surface area contributed by atoms with Crippen LogP contribution in [0.1, 0.15) is 0 Å². The maximum absolute atomic E-state index is 12.8. The van der Waals surface area contributed by atoms with E-state index in [1.54, 1.807) is 36.4 Å². The third kappa shape index (κ3) is 3.32. The minimum Gasteiger partial charge on any atom is -0.494 e. The summed E-state index contributed by atoms with van der Waals surface area (Å²) in [5.41, 5.74) is 0.966. The second-order valence-corrected chi connectivity index (χ2v) is 7.44. The number of hydrogen-bond donors (Lipinski definition) is 1. The first kappa shape index (κ1) is 17.0. The van der Waals surface area contributed by atoms with E-state index in [9.17, 15) is 8.42 Å². The van der Waals surface area contributed by atoms with Crippen LogP contribution in [0, 0.1) is 0 Å². The molecule has 0 aliphatic rings. The summed E-state index contributed by atoms with van der Waals surface area (Å²) in [6.45, 7) is 0. The van der Waals surface area contributed by atoms with Gasteiger partial charge in [-0.05, 0) is 45.5 Å². The van der Waals surface area contributed by atoms with Gasteiger partial charge in [0.05, 0.1) is 17.7 Å². The Kier molecular flexibility index (Phi) is 4.21. The Balaban J connectivity index is 1.67. The molecule has 3 aromatic carbocycles. The highest BCUT2D eigenvalue weighted by Crippen LogP contribution is 2.28. The highest BCUT2D eigenvalue weighted by atomic mass is 32.2. The van der Waals surface area contributed by atoms with Gasteiger partial charge in [0.1, 0.15) is 17.8 Å². The van der Waals surface area contributed by atoms with Crippen LogP contribution in [0.4, 0.5) is 5.69 Å². The Labute approximate surface area is 155 Å². The van der Waals surface area contributed by atoms with Crippen molar-refractivity contribution in [1.29, 1.82) is 0 Å². The van der Waals surface area contributed by atoms with Crippen molar-refractivity contribution in [1.82, 2.24) is 20.2 Å². The topological polar surface area (TPSA) is 99.0 Å². The normalized spacial score (nSPS) is 11.4. The van der Waals surface area contributed by atoms with Crippen molar-refractivity contribution in [3.63, 3.8) is 0 Å². The molecule has 27 heavy (non-hydrogen) atoms. The first-order chi connectivity index (χ1) is 13.1. The van der Waals surface area contributed by atoms with Gasteiger partial charge in [0.15, 0.2) is 0 Å². The molecule has 0 atom stereocenters. The predicted octanol–water partition coefficient (Wildman–Crippen LogP) is 2.62. The second-order valence-electron chi connectivity index (χ2n) is 5.76. The number of sulfonamides is 1. The Bertz CT molecular complexity index is 1210. The van der Waals surface area contributed by atoms with Gasteiger partial charge >= 0.3 is 0 Å². The molecule has 136 valence electrons. The van der Waals surface area contributed by atoms with Gasteiger partial charge in [0.25, 0.3) is 10.0 Å². The molecule has 0 saturated heterocycles. The van der Waals surface area contributed by atoms with E-state index in [0.717, 1.165) is 10.8 Å². The zero-order chi connectivity index (χ0) is 18.9. The number of ether oxygens (including phenoxy) is 1. The maximum Gasteiger partial charge on any atom is 0.261 e. The molecular formula is C18H15N5O3S. The minimum atomic E-state index is -3.75. The van der Waals surface area contributed by atoms with Gasteiger partial charge < -0.3 is 4.74 Å². The lowest BCUT2D eigenvalue weighted by Crippen LogP contribution is -2.13. The fourth-order valence-electron chi connectivity index (χ4n) is 2.75. The molecule has 0 saturated carbocycles. The Hall–Kier alpha value is -3.46. The summed E-state index contributed by atoms with van der Waals surface area (Å²) < 4.78 is 34.9. The molecule has 8 nitrogen and oxygen atoms in total. The van der Waals surface area contributed by atoms with Crippen LogP contribution >= 0.6 is 0 Å². The van der Waals surface area contributed by atoms with Crippen LogP contribution in [0.2, 0.25) is 0 Å². The van der Waals surface area contributed by atoms with Crippen molar-refractivity contribution in [2.75, 3.05) is 11.8 Å². The number of methoxy groups -OCH3 is 1. The van der Waals surface area contributed by atoms with E-state index in [0.29, 0.717) is 17.1 Å². The molecule has 0 spiro atoms. The minimum absolute atomic E-state index is 0.185. The first-order valence-corrected chi connectivity index (χ1v) is 9.48. The van der Waals surface area contributed by atoms with Gasteiger partial charge in [-0.15, -0.1) is 5.10 Å². The molecule has 4 aromatic rings. The van der Waals surface area contributed by atoms with E-state index in [1.807, 2.05) is 24.3 Å². The van der Waals surface area contributed by atoms with E-state index < -0.39 is 10.0 Å². The quantitative estimate of drug-likeness (QED) is 0.571. The number of tetrazole rings is 1. The molecule has 0 amide bonds. The van der Waals surface area contributed by atoms with Crippen LogP contribution < -0.4 is 9.46 Å². The fourth-order valence-corrected chi connectivity index (χ4v) is 3.84. The SMILES string of the molecule is COc1cc(NS(=O)(=O)c2ccc3ccccc3c2)ccc1-n1cnnn1. The van der Waals surface area contributed by atoms with Crippen molar-refractivity contribution in [2.45, 2.75) is 4.90 Å². The third-order valence-electron chi connectivity index (χ3n) is 4.06. The van der Waals surface area contributed by atoms with Crippen LogP contribution in [-0.2, 0) is 10.0 Å². The Morgan fingerprint density at radius 2 is 1.81 bits per heavy atom.